The lowest BCUT2D eigenvalue weighted by molar-refractivity contribution is -0.139. The van der Waals surface area contributed by atoms with E-state index in [2.05, 4.69) is 5.32 Å². The number of unbranched alkanes of at least 4 members (excludes halogenated alkanes) is 3. The highest BCUT2D eigenvalue weighted by atomic mass is 32.2. The minimum absolute atomic E-state index is 0.0137. The highest BCUT2D eigenvalue weighted by Crippen LogP contribution is 2.40. The van der Waals surface area contributed by atoms with E-state index in [1.807, 2.05) is 16.9 Å². The minimum atomic E-state index is -4.03. The van der Waals surface area contributed by atoms with Gasteiger partial charge in [0.2, 0.25) is 17.7 Å². The van der Waals surface area contributed by atoms with E-state index >= 15 is 0 Å². The van der Waals surface area contributed by atoms with Crippen LogP contribution in [0.2, 0.25) is 0 Å². The van der Waals surface area contributed by atoms with Gasteiger partial charge in [-0.05, 0) is 78.1 Å². The van der Waals surface area contributed by atoms with Crippen molar-refractivity contribution in [3.63, 3.8) is 0 Å². The van der Waals surface area contributed by atoms with Crippen molar-refractivity contribution in [2.45, 2.75) is 109 Å². The number of nitrogens with zero attached hydrogens (tertiary/aromatic N) is 1. The van der Waals surface area contributed by atoms with Crippen LogP contribution in [0.4, 0.5) is 4.79 Å². The minimum Gasteiger partial charge on any atom is -0.444 e. The van der Waals surface area contributed by atoms with Crippen molar-refractivity contribution in [1.29, 1.82) is 0 Å². The molecule has 0 aromatic heterocycles. The summed E-state index contributed by atoms with van der Waals surface area (Å²) < 4.78 is 35.7. The van der Waals surface area contributed by atoms with Gasteiger partial charge >= 0.3 is 16.4 Å². The average Bonchev–Trinajstić information content (AvgIpc) is 3.72. The maximum Gasteiger partial charge on any atom is 0.408 e. The predicted molar refractivity (Wildman–Crippen MR) is 142 cm³/mol. The zero-order chi connectivity index (χ0) is 28.8. The highest BCUT2D eigenvalue weighted by Gasteiger charge is 2.43. The van der Waals surface area contributed by atoms with Gasteiger partial charge in [-0.2, -0.15) is 8.42 Å². The van der Waals surface area contributed by atoms with Crippen LogP contribution in [0.3, 0.4) is 0 Å². The summed E-state index contributed by atoms with van der Waals surface area (Å²) in [5, 5.41) is 2.67. The first-order chi connectivity index (χ1) is 18.3. The van der Waals surface area contributed by atoms with Crippen molar-refractivity contribution in [3.05, 3.63) is 12.2 Å². The van der Waals surface area contributed by atoms with Gasteiger partial charge in [-0.25, -0.2) is 9.52 Å². The van der Waals surface area contributed by atoms with Crippen LogP contribution in [0, 0.1) is 11.8 Å². The summed E-state index contributed by atoms with van der Waals surface area (Å²) in [4.78, 5) is 50.9. The molecule has 2 saturated carbocycles. The van der Waals surface area contributed by atoms with Crippen molar-refractivity contribution >= 4 is 34.1 Å². The number of nitrogens with two attached hydrogens (primary N) is 1. The maximum absolute atomic E-state index is 13.2. The van der Waals surface area contributed by atoms with Gasteiger partial charge < -0.3 is 20.7 Å². The predicted octanol–water partition coefficient (Wildman–Crippen LogP) is 2.04. The molecule has 0 aromatic rings. The Morgan fingerprint density at radius 2 is 1.82 bits per heavy atom. The molecule has 3 aliphatic rings. The standard InChI is InChI=1S/C26H42N4O8S/c1-26(2,3)37-25(34)28-20(24(33)30-15-9-12-21(30)22(27)31)11-8-6-4-5-7-10-17-16-19(17)23(32)29-39(35,36)38-18-13-14-18/h7,10,17-21H,4-6,8-9,11-16H2,1-3H3,(H2,27,31)(H,28,34)(H,29,32). The van der Waals surface area contributed by atoms with E-state index in [0.29, 0.717) is 51.5 Å². The Balaban J connectivity index is 1.39. The van der Waals surface area contributed by atoms with E-state index in [9.17, 15) is 27.6 Å². The number of allylic oxidation sites excluding steroid dienone is 2. The van der Waals surface area contributed by atoms with Crippen molar-refractivity contribution in [2.24, 2.45) is 17.6 Å². The Labute approximate surface area is 230 Å². The Morgan fingerprint density at radius 3 is 2.46 bits per heavy atom. The van der Waals surface area contributed by atoms with Gasteiger partial charge in [-0.15, -0.1) is 0 Å². The molecule has 13 heteroatoms. The molecule has 4 atom stereocenters. The number of hydrogen-bond acceptors (Lipinski definition) is 8. The smallest absolute Gasteiger partial charge is 0.408 e. The molecule has 4 N–H and O–H groups in total. The fourth-order valence-electron chi connectivity index (χ4n) is 4.59. The van der Waals surface area contributed by atoms with Crippen LogP contribution >= 0.6 is 0 Å². The number of likely N-dealkylation sites (tertiary alicyclic amines) is 1. The Bertz CT molecular complexity index is 1050. The second-order valence-electron chi connectivity index (χ2n) is 11.6. The van der Waals surface area contributed by atoms with Crippen molar-refractivity contribution in [3.8, 4) is 0 Å². The molecule has 1 saturated heterocycles. The number of nitrogens with one attached hydrogen (secondary N) is 2. The summed E-state index contributed by atoms with van der Waals surface area (Å²) in [7, 11) is -4.03. The molecule has 2 aliphatic carbocycles. The summed E-state index contributed by atoms with van der Waals surface area (Å²) in [6.07, 6.45) is 9.57. The number of carbonyl (C=O) groups excluding carboxylic acids is 4. The number of carbonyl (C=O) groups is 4. The van der Waals surface area contributed by atoms with E-state index in [4.69, 9.17) is 14.7 Å². The average molecular weight is 571 g/mol. The molecule has 1 heterocycles. The lowest BCUT2D eigenvalue weighted by Crippen LogP contribution is -2.53. The first kappa shape index (κ1) is 30.9. The van der Waals surface area contributed by atoms with Gasteiger partial charge in [-0.1, -0.05) is 25.0 Å². The lowest BCUT2D eigenvalue weighted by atomic mass is 10.0. The van der Waals surface area contributed by atoms with Gasteiger partial charge in [0.25, 0.3) is 0 Å². The molecule has 0 radical (unpaired) electrons. The van der Waals surface area contributed by atoms with Gasteiger partial charge in [0, 0.05) is 12.5 Å². The fraction of sp³-hybridized carbons (Fsp3) is 0.769. The topological polar surface area (TPSA) is 174 Å². The molecule has 4 unspecified atom stereocenters. The summed E-state index contributed by atoms with van der Waals surface area (Å²) >= 11 is 0. The third kappa shape index (κ3) is 10.4. The molecule has 0 aromatic carbocycles. The zero-order valence-electron chi connectivity index (χ0n) is 23.0. The maximum atomic E-state index is 13.2. The van der Waals surface area contributed by atoms with Crippen molar-refractivity contribution in [1.82, 2.24) is 14.9 Å². The molecule has 4 amide bonds. The number of rotatable bonds is 14. The van der Waals surface area contributed by atoms with Crippen LogP contribution in [0.15, 0.2) is 12.2 Å². The lowest BCUT2D eigenvalue weighted by Gasteiger charge is -2.28. The number of primary amides is 1. The van der Waals surface area contributed by atoms with E-state index in [0.717, 1.165) is 19.3 Å². The van der Waals surface area contributed by atoms with Crippen LogP contribution in [0.5, 0.6) is 0 Å². The molecular weight excluding hydrogens is 528 g/mol. The second-order valence-corrected chi connectivity index (χ2v) is 12.9. The fourth-order valence-corrected chi connectivity index (χ4v) is 5.58. The summed E-state index contributed by atoms with van der Waals surface area (Å²) in [6, 6.07) is -1.48. The van der Waals surface area contributed by atoms with Crippen LogP contribution in [0.25, 0.3) is 0 Å². The normalized spacial score (nSPS) is 23.9. The molecule has 12 nitrogen and oxygen atoms in total. The third-order valence-corrected chi connectivity index (χ3v) is 7.77. The summed E-state index contributed by atoms with van der Waals surface area (Å²) in [5.74, 6) is -1.76. The molecule has 3 rings (SSSR count). The monoisotopic (exact) mass is 570 g/mol. The van der Waals surface area contributed by atoms with Crippen LogP contribution < -0.4 is 15.8 Å². The van der Waals surface area contributed by atoms with E-state index in [1.165, 1.54) is 4.90 Å². The molecule has 220 valence electrons. The Morgan fingerprint density at radius 1 is 1.10 bits per heavy atom. The number of alkyl carbamates (subject to hydrolysis) is 1. The van der Waals surface area contributed by atoms with Gasteiger partial charge in [-0.3, -0.25) is 18.6 Å². The molecule has 0 spiro atoms. The van der Waals surface area contributed by atoms with Crippen LogP contribution in [-0.2, 0) is 33.6 Å². The quantitative estimate of drug-likeness (QED) is 0.210. The third-order valence-electron chi connectivity index (χ3n) is 6.79. The molecule has 0 bridgehead atoms. The van der Waals surface area contributed by atoms with Crippen molar-refractivity contribution in [2.75, 3.05) is 6.54 Å². The SMILES string of the molecule is CC(C)(C)OC(=O)NC(CCCCCC=CC1CC1C(=O)NS(=O)(=O)OC1CC1)C(=O)N1CCCC1C(N)=O. The molecule has 3 fully saturated rings. The van der Waals surface area contributed by atoms with E-state index < -0.39 is 45.9 Å². The number of amides is 4. The second kappa shape index (κ2) is 13.1. The summed E-state index contributed by atoms with van der Waals surface area (Å²) in [5.41, 5.74) is 4.76. The van der Waals surface area contributed by atoms with Crippen LogP contribution in [0.1, 0.15) is 85.0 Å². The van der Waals surface area contributed by atoms with Gasteiger partial charge in [0.15, 0.2) is 0 Å². The Hall–Kier alpha value is -2.67. The first-order valence-electron chi connectivity index (χ1n) is 13.8. The van der Waals surface area contributed by atoms with E-state index in [-0.39, 0.29) is 23.8 Å². The van der Waals surface area contributed by atoms with Gasteiger partial charge in [0.1, 0.15) is 17.7 Å². The highest BCUT2D eigenvalue weighted by molar-refractivity contribution is 7.85. The molecule has 39 heavy (non-hydrogen) atoms. The first-order valence-corrected chi connectivity index (χ1v) is 15.2. The van der Waals surface area contributed by atoms with Crippen LogP contribution in [-0.4, -0.2) is 67.5 Å². The molecular formula is C26H42N4O8S. The Kier molecular flexibility index (Phi) is 10.4. The van der Waals surface area contributed by atoms with Crippen molar-refractivity contribution < 1.29 is 36.5 Å². The number of hydrogen-bond donors (Lipinski definition) is 3. The summed E-state index contributed by atoms with van der Waals surface area (Å²) in [6.45, 7) is 5.64. The van der Waals surface area contributed by atoms with Gasteiger partial charge in [0.05, 0.1) is 6.10 Å². The largest absolute Gasteiger partial charge is 0.444 e. The molecule has 1 aliphatic heterocycles. The zero-order valence-corrected chi connectivity index (χ0v) is 23.8. The number of ether oxygens (including phenoxy) is 1. The van der Waals surface area contributed by atoms with E-state index in [1.54, 1.807) is 20.8 Å².